The van der Waals surface area contributed by atoms with E-state index in [1.54, 1.807) is 13.3 Å². The number of nitrogens with zero attached hydrogens (tertiary/aromatic N) is 5. The van der Waals surface area contributed by atoms with Gasteiger partial charge in [0, 0.05) is 41.7 Å². The first-order valence-electron chi connectivity index (χ1n) is 13.9. The fourth-order valence-corrected chi connectivity index (χ4v) is 5.95. The van der Waals surface area contributed by atoms with Gasteiger partial charge in [0.2, 0.25) is 5.88 Å². The van der Waals surface area contributed by atoms with Crippen LogP contribution in [0.5, 0.6) is 5.88 Å². The molecule has 0 amide bonds. The number of aromatic nitrogens is 4. The number of nitrogens with one attached hydrogen (secondary N) is 1. The van der Waals surface area contributed by atoms with E-state index in [-0.39, 0.29) is 0 Å². The summed E-state index contributed by atoms with van der Waals surface area (Å²) >= 11 is 7.11. The number of methoxy groups -OCH3 is 1. The number of hydrogen-bond acceptors (Lipinski definition) is 7. The van der Waals surface area contributed by atoms with Crippen molar-refractivity contribution in [2.75, 3.05) is 25.5 Å². The summed E-state index contributed by atoms with van der Waals surface area (Å²) in [4.78, 5) is 21.0. The van der Waals surface area contributed by atoms with Gasteiger partial charge in [-0.15, -0.1) is 0 Å². The van der Waals surface area contributed by atoms with Crippen molar-refractivity contribution >= 4 is 34.1 Å². The topological polar surface area (TPSA) is 76.1 Å². The second-order valence-electron chi connectivity index (χ2n) is 10.8. The van der Waals surface area contributed by atoms with Gasteiger partial charge in [0.25, 0.3) is 0 Å². The van der Waals surface area contributed by atoms with Gasteiger partial charge in [0.15, 0.2) is 5.82 Å². The van der Waals surface area contributed by atoms with Gasteiger partial charge in [-0.05, 0) is 68.1 Å². The highest BCUT2D eigenvalue weighted by Gasteiger charge is 2.21. The molecule has 208 valence electrons. The van der Waals surface area contributed by atoms with Gasteiger partial charge in [-0.3, -0.25) is 9.88 Å². The second-order valence-corrected chi connectivity index (χ2v) is 11.1. The molecule has 0 bridgehead atoms. The average Bonchev–Trinajstić information content (AvgIpc) is 3.39. The Hall–Kier alpha value is -4.07. The number of halogens is 1. The monoisotopic (exact) mass is 564 g/mol. The summed E-state index contributed by atoms with van der Waals surface area (Å²) in [6, 6.07) is 20.2. The summed E-state index contributed by atoms with van der Waals surface area (Å²) in [5.41, 5.74) is 8.20. The number of ether oxygens (including phenoxy) is 1. The summed E-state index contributed by atoms with van der Waals surface area (Å²) in [6.07, 6.45) is 2.99. The minimum absolute atomic E-state index is 0.645. The Morgan fingerprint density at radius 2 is 1.76 bits per heavy atom. The molecule has 1 unspecified atom stereocenters. The summed E-state index contributed by atoms with van der Waals surface area (Å²) in [7, 11) is 1.68. The first-order chi connectivity index (χ1) is 19.9. The molecule has 8 heteroatoms. The van der Waals surface area contributed by atoms with E-state index in [0.29, 0.717) is 22.5 Å². The van der Waals surface area contributed by atoms with Crippen molar-refractivity contribution in [3.63, 3.8) is 0 Å². The highest BCUT2D eigenvalue weighted by molar-refractivity contribution is 6.36. The Bertz CT molecular complexity index is 1740. The quantitative estimate of drug-likeness (QED) is 0.218. The Balaban J connectivity index is 1.33. The second kappa shape index (κ2) is 11.4. The molecule has 7 nitrogen and oxygen atoms in total. The molecule has 6 rings (SSSR count). The van der Waals surface area contributed by atoms with Gasteiger partial charge in [-0.25, -0.2) is 15.0 Å². The van der Waals surface area contributed by atoms with E-state index in [2.05, 4.69) is 51.1 Å². The van der Waals surface area contributed by atoms with Crippen molar-refractivity contribution in [2.24, 2.45) is 5.92 Å². The summed E-state index contributed by atoms with van der Waals surface area (Å²) < 4.78 is 5.73. The number of aryl methyl sites for hydroxylation is 1. The van der Waals surface area contributed by atoms with Crippen molar-refractivity contribution in [1.29, 1.82) is 0 Å². The van der Waals surface area contributed by atoms with E-state index in [0.717, 1.165) is 75.8 Å². The van der Waals surface area contributed by atoms with Crippen molar-refractivity contribution in [3.8, 4) is 28.3 Å². The van der Waals surface area contributed by atoms with Crippen LogP contribution in [0.3, 0.4) is 0 Å². The third kappa shape index (κ3) is 5.47. The summed E-state index contributed by atoms with van der Waals surface area (Å²) in [6.45, 7) is 9.32. The van der Waals surface area contributed by atoms with Gasteiger partial charge in [-0.2, -0.15) is 0 Å². The Morgan fingerprint density at radius 1 is 0.951 bits per heavy atom. The van der Waals surface area contributed by atoms with E-state index in [1.165, 1.54) is 6.42 Å². The number of fused-ring (bicyclic) bond motifs is 1. The van der Waals surface area contributed by atoms with Crippen molar-refractivity contribution in [3.05, 3.63) is 88.8 Å². The van der Waals surface area contributed by atoms with Crippen LogP contribution < -0.4 is 10.1 Å². The highest BCUT2D eigenvalue weighted by Crippen LogP contribution is 2.40. The predicted octanol–water partition coefficient (Wildman–Crippen LogP) is 7.62. The number of pyridine rings is 2. The summed E-state index contributed by atoms with van der Waals surface area (Å²) in [5, 5.41) is 4.14. The van der Waals surface area contributed by atoms with Crippen LogP contribution in [0.4, 0.5) is 11.5 Å². The van der Waals surface area contributed by atoms with Crippen LogP contribution >= 0.6 is 11.6 Å². The zero-order valence-corrected chi connectivity index (χ0v) is 24.5. The molecule has 41 heavy (non-hydrogen) atoms. The van der Waals surface area contributed by atoms with Crippen LogP contribution in [0.15, 0.2) is 66.9 Å². The lowest BCUT2D eigenvalue weighted by Crippen LogP contribution is -2.20. The lowest BCUT2D eigenvalue weighted by Gasteiger charge is -2.18. The Morgan fingerprint density at radius 3 is 2.56 bits per heavy atom. The minimum Gasteiger partial charge on any atom is -0.481 e. The minimum atomic E-state index is 0.645. The normalized spacial score (nSPS) is 15.4. The first kappa shape index (κ1) is 27.1. The fourth-order valence-electron chi connectivity index (χ4n) is 5.63. The molecular weight excluding hydrogens is 532 g/mol. The molecule has 1 atom stereocenters. The molecular formula is C33H33ClN6O. The first-order valence-corrected chi connectivity index (χ1v) is 14.3. The van der Waals surface area contributed by atoms with E-state index >= 15 is 0 Å². The zero-order valence-electron chi connectivity index (χ0n) is 23.8. The van der Waals surface area contributed by atoms with E-state index < -0.39 is 0 Å². The molecule has 4 heterocycles. The number of likely N-dealkylation sites (tertiary alicyclic amines) is 1. The van der Waals surface area contributed by atoms with E-state index in [4.69, 9.17) is 21.3 Å². The van der Waals surface area contributed by atoms with Crippen LogP contribution in [-0.4, -0.2) is 45.0 Å². The molecule has 0 radical (unpaired) electrons. The van der Waals surface area contributed by atoms with Crippen LogP contribution in [0.2, 0.25) is 5.02 Å². The summed E-state index contributed by atoms with van der Waals surface area (Å²) in [5.74, 6) is 2.73. The molecule has 0 saturated carbocycles. The molecule has 0 spiro atoms. The lowest BCUT2D eigenvalue weighted by atomic mass is 9.96. The van der Waals surface area contributed by atoms with Crippen LogP contribution in [0.25, 0.3) is 33.4 Å². The van der Waals surface area contributed by atoms with E-state index in [1.807, 2.05) is 55.5 Å². The lowest BCUT2D eigenvalue weighted by molar-refractivity contribution is 0.308. The zero-order chi connectivity index (χ0) is 28.5. The van der Waals surface area contributed by atoms with Crippen molar-refractivity contribution in [2.45, 2.75) is 33.7 Å². The van der Waals surface area contributed by atoms with Crippen LogP contribution in [-0.2, 0) is 6.54 Å². The Labute approximate surface area is 245 Å². The van der Waals surface area contributed by atoms with Gasteiger partial charge >= 0.3 is 0 Å². The standard InChI is InChI=1S/C33H33ClN6O/c1-20-15-17-40(18-20)19-23-13-14-28(39-33(23)41-4)26-10-5-9-25(30(26)34)24-8-6-11-27(21(24)2)38-32-31-29(12-7-16-35-31)36-22(3)37-32/h5-14,16,20H,15,17-19H2,1-4H3,(H,36,37,38). The van der Waals surface area contributed by atoms with Gasteiger partial charge in [0.1, 0.15) is 11.3 Å². The predicted molar refractivity (Wildman–Crippen MR) is 166 cm³/mol. The smallest absolute Gasteiger partial charge is 0.218 e. The number of benzene rings is 2. The molecule has 1 aliphatic rings. The fraction of sp³-hybridized carbons (Fsp3) is 0.273. The van der Waals surface area contributed by atoms with Crippen LogP contribution in [0, 0.1) is 19.8 Å². The van der Waals surface area contributed by atoms with Crippen LogP contribution in [0.1, 0.15) is 30.3 Å². The molecule has 0 aliphatic carbocycles. The molecule has 1 aliphatic heterocycles. The number of anilines is 2. The third-order valence-corrected chi connectivity index (χ3v) is 8.16. The average molecular weight is 565 g/mol. The maximum absolute atomic E-state index is 7.11. The van der Waals surface area contributed by atoms with Crippen molar-refractivity contribution in [1.82, 2.24) is 24.8 Å². The van der Waals surface area contributed by atoms with Gasteiger partial charge in [-0.1, -0.05) is 54.9 Å². The van der Waals surface area contributed by atoms with E-state index in [9.17, 15) is 0 Å². The Kier molecular flexibility index (Phi) is 7.56. The maximum Gasteiger partial charge on any atom is 0.218 e. The van der Waals surface area contributed by atoms with Crippen molar-refractivity contribution < 1.29 is 4.74 Å². The molecule has 2 aromatic carbocycles. The van der Waals surface area contributed by atoms with Gasteiger partial charge < -0.3 is 10.1 Å². The SMILES string of the molecule is COc1nc(-c2cccc(-c3cccc(Nc4nc(C)nc5cccnc45)c3C)c2Cl)ccc1CN1CCC(C)C1. The maximum atomic E-state index is 7.11. The largest absolute Gasteiger partial charge is 0.481 e. The molecule has 1 N–H and O–H groups in total. The number of hydrogen-bond donors (Lipinski definition) is 1. The molecule has 5 aromatic rings. The third-order valence-electron chi connectivity index (χ3n) is 7.75. The van der Waals surface area contributed by atoms with Gasteiger partial charge in [0.05, 0.1) is 23.3 Å². The molecule has 1 saturated heterocycles. The molecule has 3 aromatic heterocycles. The highest BCUT2D eigenvalue weighted by atomic mass is 35.5. The molecule has 1 fully saturated rings. The number of rotatable bonds is 7.